The van der Waals surface area contributed by atoms with Crippen molar-refractivity contribution in [2.45, 2.75) is 31.0 Å². The molecule has 3 rings (SSSR count). The Kier molecular flexibility index (Phi) is 3.80. The third kappa shape index (κ3) is 2.34. The van der Waals surface area contributed by atoms with Gasteiger partial charge in [-0.3, -0.25) is 4.57 Å². The van der Waals surface area contributed by atoms with Crippen LogP contribution in [0, 0.1) is 0 Å². The monoisotopic (exact) mass is 340 g/mol. The van der Waals surface area contributed by atoms with Gasteiger partial charge in [0.15, 0.2) is 17.6 Å². The highest BCUT2D eigenvalue weighted by atomic mass is 16.7. The first-order valence-corrected chi connectivity index (χ1v) is 6.96. The number of carbonyl (C=O) groups is 1. The number of anilines is 1. The van der Waals surface area contributed by atoms with E-state index in [0.717, 1.165) is 6.33 Å². The molecule has 130 valence electrons. The summed E-state index contributed by atoms with van der Waals surface area (Å²) in [4.78, 5) is 18.7. The van der Waals surface area contributed by atoms with E-state index in [1.54, 1.807) is 0 Å². The summed E-state index contributed by atoms with van der Waals surface area (Å²) in [6.45, 7) is 0.814. The second-order valence-electron chi connectivity index (χ2n) is 5.61. The fraction of sp³-hybridized carbons (Fsp3) is 0.462. The minimum atomic E-state index is -1.78. The molecule has 0 saturated carbocycles. The lowest BCUT2D eigenvalue weighted by Gasteiger charge is -2.27. The minimum Gasteiger partial charge on any atom is -0.449 e. The summed E-state index contributed by atoms with van der Waals surface area (Å²) in [5.74, 6) is -0.163. The van der Waals surface area contributed by atoms with Gasteiger partial charge in [0.05, 0.1) is 12.8 Å². The number of hydrogen-bond acceptors (Lipinski definition) is 9. The first kappa shape index (κ1) is 16.4. The third-order valence-corrected chi connectivity index (χ3v) is 3.99. The highest BCUT2D eigenvalue weighted by Crippen LogP contribution is 2.42. The Morgan fingerprint density at radius 2 is 2.25 bits per heavy atom. The van der Waals surface area contributed by atoms with Crippen LogP contribution in [0.1, 0.15) is 13.2 Å². The lowest BCUT2D eigenvalue weighted by molar-refractivity contribution is -0.0949. The maximum atomic E-state index is 10.9. The summed E-state index contributed by atoms with van der Waals surface area (Å²) in [6.07, 6.45) is -2.73. The Morgan fingerprint density at radius 1 is 1.54 bits per heavy atom. The number of aliphatic hydroxyl groups is 3. The van der Waals surface area contributed by atoms with Crippen LogP contribution in [-0.4, -0.2) is 65.5 Å². The summed E-state index contributed by atoms with van der Waals surface area (Å²) < 4.78 is 11.5. The van der Waals surface area contributed by atoms with Crippen LogP contribution < -0.4 is 10.5 Å². The van der Waals surface area contributed by atoms with Gasteiger partial charge in [-0.05, 0) is 6.92 Å². The quantitative estimate of drug-likeness (QED) is 0.439. The fourth-order valence-electron chi connectivity index (χ4n) is 2.81. The average Bonchev–Trinajstić information content (AvgIpc) is 2.96. The molecule has 0 unspecified atom stereocenters. The molecular weight excluding hydrogens is 324 g/mol. The average molecular weight is 340 g/mol. The predicted molar refractivity (Wildman–Crippen MR) is 78.2 cm³/mol. The maximum Gasteiger partial charge on any atom is 0.511 e. The lowest BCUT2D eigenvalue weighted by Crippen LogP contribution is -2.44. The van der Waals surface area contributed by atoms with Crippen LogP contribution in [-0.2, 0) is 4.74 Å². The van der Waals surface area contributed by atoms with E-state index in [0.29, 0.717) is 0 Å². The van der Waals surface area contributed by atoms with Gasteiger partial charge in [0, 0.05) is 0 Å². The van der Waals surface area contributed by atoms with Gasteiger partial charge in [0.2, 0.25) is 0 Å². The highest BCUT2D eigenvalue weighted by molar-refractivity contribution is 5.93. The van der Waals surface area contributed by atoms with Crippen molar-refractivity contribution >= 4 is 23.0 Å². The van der Waals surface area contributed by atoms with E-state index in [1.165, 1.54) is 17.7 Å². The Hall–Kier alpha value is -2.47. The molecule has 2 aromatic heterocycles. The van der Waals surface area contributed by atoms with E-state index in [-0.39, 0.29) is 22.6 Å². The van der Waals surface area contributed by atoms with Crippen molar-refractivity contribution in [3.63, 3.8) is 0 Å². The molecule has 0 amide bonds. The van der Waals surface area contributed by atoms with Crippen molar-refractivity contribution in [3.8, 4) is 5.75 Å². The molecule has 1 saturated heterocycles. The molecule has 1 fully saturated rings. The number of ether oxygens (including phenoxy) is 2. The predicted octanol–water partition coefficient (Wildman–Crippen LogP) is -0.928. The zero-order valence-electron chi connectivity index (χ0n) is 12.5. The molecule has 0 bridgehead atoms. The third-order valence-electron chi connectivity index (χ3n) is 3.99. The van der Waals surface area contributed by atoms with E-state index in [1.807, 2.05) is 0 Å². The van der Waals surface area contributed by atoms with Crippen molar-refractivity contribution in [1.82, 2.24) is 14.5 Å². The van der Waals surface area contributed by atoms with Gasteiger partial charge in [-0.2, -0.15) is 0 Å². The first-order chi connectivity index (χ1) is 11.3. The number of carboxylic acid groups (broad SMARTS) is 1. The Labute approximate surface area is 134 Å². The summed E-state index contributed by atoms with van der Waals surface area (Å²) in [7, 11) is 0. The largest absolute Gasteiger partial charge is 0.511 e. The molecule has 11 nitrogen and oxygen atoms in total. The summed E-state index contributed by atoms with van der Waals surface area (Å²) >= 11 is 0. The van der Waals surface area contributed by atoms with Gasteiger partial charge in [-0.1, -0.05) is 0 Å². The number of rotatable bonds is 3. The number of aliphatic hydroxyl groups excluding tert-OH is 2. The van der Waals surface area contributed by atoms with Crippen LogP contribution >= 0.6 is 0 Å². The second-order valence-corrected chi connectivity index (χ2v) is 5.61. The van der Waals surface area contributed by atoms with Gasteiger partial charge in [0.1, 0.15) is 35.3 Å². The Morgan fingerprint density at radius 3 is 2.83 bits per heavy atom. The van der Waals surface area contributed by atoms with Crippen LogP contribution in [0.15, 0.2) is 12.5 Å². The van der Waals surface area contributed by atoms with Gasteiger partial charge in [0.25, 0.3) is 0 Å². The van der Waals surface area contributed by atoms with Gasteiger partial charge >= 0.3 is 6.16 Å². The Bertz CT molecular complexity index is 790. The van der Waals surface area contributed by atoms with E-state index >= 15 is 0 Å². The molecule has 0 aliphatic carbocycles. The van der Waals surface area contributed by atoms with Gasteiger partial charge in [-0.25, -0.2) is 14.8 Å². The molecule has 2 aromatic rings. The molecule has 1 aliphatic heterocycles. The molecule has 11 heteroatoms. The van der Waals surface area contributed by atoms with E-state index in [4.69, 9.17) is 15.6 Å². The molecule has 3 heterocycles. The zero-order valence-corrected chi connectivity index (χ0v) is 12.5. The molecular formula is C13H16N4O7. The number of aromatic nitrogens is 3. The number of nitrogens with two attached hydrogens (primary N) is 1. The standard InChI is InChI=1S/C13H16N4O7/c1-13(22)8(19)6(3-18)23-11(13)17-2-5(24-12(20)21)7-9(14)15-4-16-10(7)17/h2,4,6,8,11,18-19,22H,3H2,1H3,(H,20,21)(H2,14,15,16)/t6-,8-,11-,13-/m1/s1. The van der Waals surface area contributed by atoms with E-state index in [2.05, 4.69) is 14.7 Å². The van der Waals surface area contributed by atoms with E-state index < -0.39 is 36.8 Å². The zero-order chi connectivity index (χ0) is 17.6. The molecule has 6 N–H and O–H groups in total. The van der Waals surface area contributed by atoms with Gasteiger partial charge in [-0.15, -0.1) is 0 Å². The molecule has 4 atom stereocenters. The number of nitrogen functional groups attached to an aromatic ring is 1. The summed E-state index contributed by atoms with van der Waals surface area (Å²) in [5, 5.41) is 38.9. The van der Waals surface area contributed by atoms with Crippen LogP contribution in [0.2, 0.25) is 0 Å². The summed E-state index contributed by atoms with van der Waals surface area (Å²) in [6, 6.07) is 0. The van der Waals surface area contributed by atoms with E-state index in [9.17, 15) is 20.1 Å². The highest BCUT2D eigenvalue weighted by Gasteiger charge is 2.53. The molecule has 24 heavy (non-hydrogen) atoms. The molecule has 1 aliphatic rings. The number of nitrogens with zero attached hydrogens (tertiary/aromatic N) is 3. The SMILES string of the molecule is C[C@@]1(O)[C@H](O)[C@@H](CO)O[C@H]1n1cc(OC(=O)O)c2c(N)ncnc21. The molecule has 0 radical (unpaired) electrons. The maximum absolute atomic E-state index is 10.9. The Balaban J connectivity index is 2.17. The normalized spacial score (nSPS) is 29.9. The number of hydrogen-bond donors (Lipinski definition) is 5. The van der Waals surface area contributed by atoms with Crippen LogP contribution in [0.3, 0.4) is 0 Å². The van der Waals surface area contributed by atoms with Crippen LogP contribution in [0.4, 0.5) is 10.6 Å². The van der Waals surface area contributed by atoms with Crippen LogP contribution in [0.5, 0.6) is 5.75 Å². The smallest absolute Gasteiger partial charge is 0.449 e. The summed E-state index contributed by atoms with van der Waals surface area (Å²) in [5.41, 5.74) is 4.13. The fourth-order valence-corrected chi connectivity index (χ4v) is 2.81. The van der Waals surface area contributed by atoms with Crippen LogP contribution in [0.25, 0.3) is 11.0 Å². The van der Waals surface area contributed by atoms with Crippen molar-refractivity contribution in [3.05, 3.63) is 12.5 Å². The van der Waals surface area contributed by atoms with Crippen molar-refractivity contribution in [1.29, 1.82) is 0 Å². The van der Waals surface area contributed by atoms with Crippen molar-refractivity contribution in [2.75, 3.05) is 12.3 Å². The minimum absolute atomic E-state index is 0.0214. The topological polar surface area (TPSA) is 173 Å². The first-order valence-electron chi connectivity index (χ1n) is 6.96. The molecule has 0 spiro atoms. The number of fused-ring (bicyclic) bond motifs is 1. The molecule has 0 aromatic carbocycles. The second kappa shape index (κ2) is 5.56. The lowest BCUT2D eigenvalue weighted by atomic mass is 9.96. The van der Waals surface area contributed by atoms with Gasteiger partial charge < -0.3 is 35.6 Å². The van der Waals surface area contributed by atoms with Crippen molar-refractivity contribution in [2.24, 2.45) is 0 Å². The van der Waals surface area contributed by atoms with Crippen molar-refractivity contribution < 1.29 is 34.7 Å².